The number of carbonyl (C=O) groups excluding carboxylic acids is 1. The lowest BCUT2D eigenvalue weighted by molar-refractivity contribution is -0.116. The quantitative estimate of drug-likeness (QED) is 0.579. The number of nitrogens with zero attached hydrogens (tertiary/aromatic N) is 2. The third-order valence-corrected chi connectivity index (χ3v) is 4.62. The SMILES string of the molecule is CCCOc1c(Cl)cc(C=CC(=O)NCC(C)Cn2nc(C)cc2C)cc1OC. The van der Waals surface area contributed by atoms with Gasteiger partial charge in [-0.05, 0) is 56.0 Å². The lowest BCUT2D eigenvalue weighted by Gasteiger charge is -2.13. The van der Waals surface area contributed by atoms with Crippen molar-refractivity contribution >= 4 is 23.6 Å². The average molecular weight is 420 g/mol. The highest BCUT2D eigenvalue weighted by molar-refractivity contribution is 6.32. The largest absolute Gasteiger partial charge is 0.493 e. The van der Waals surface area contributed by atoms with E-state index in [4.69, 9.17) is 21.1 Å². The molecule has 6 nitrogen and oxygen atoms in total. The zero-order valence-corrected chi connectivity index (χ0v) is 18.5. The molecule has 1 N–H and O–H groups in total. The van der Waals surface area contributed by atoms with Crippen LogP contribution in [-0.2, 0) is 11.3 Å². The molecule has 1 heterocycles. The van der Waals surface area contributed by atoms with Gasteiger partial charge >= 0.3 is 0 Å². The summed E-state index contributed by atoms with van der Waals surface area (Å²) in [5.41, 5.74) is 2.89. The summed E-state index contributed by atoms with van der Waals surface area (Å²) in [6.45, 7) is 10.00. The fourth-order valence-electron chi connectivity index (χ4n) is 2.91. The summed E-state index contributed by atoms with van der Waals surface area (Å²) in [5, 5.41) is 7.84. The van der Waals surface area contributed by atoms with Gasteiger partial charge in [-0.2, -0.15) is 5.10 Å². The number of halogens is 1. The van der Waals surface area contributed by atoms with Gasteiger partial charge < -0.3 is 14.8 Å². The molecule has 0 aliphatic rings. The molecule has 2 rings (SSSR count). The van der Waals surface area contributed by atoms with Crippen molar-refractivity contribution in [1.82, 2.24) is 15.1 Å². The van der Waals surface area contributed by atoms with E-state index in [1.807, 2.05) is 31.5 Å². The molecule has 7 heteroatoms. The Morgan fingerprint density at radius 2 is 2.10 bits per heavy atom. The van der Waals surface area contributed by atoms with E-state index in [2.05, 4.69) is 17.3 Å². The highest BCUT2D eigenvalue weighted by Gasteiger charge is 2.12. The van der Waals surface area contributed by atoms with Crippen LogP contribution in [0.4, 0.5) is 0 Å². The van der Waals surface area contributed by atoms with E-state index in [1.54, 1.807) is 25.3 Å². The molecule has 158 valence electrons. The Labute approximate surface area is 177 Å². The van der Waals surface area contributed by atoms with Crippen molar-refractivity contribution in [2.45, 2.75) is 40.7 Å². The lowest BCUT2D eigenvalue weighted by atomic mass is 10.1. The van der Waals surface area contributed by atoms with Crippen molar-refractivity contribution in [1.29, 1.82) is 0 Å². The highest BCUT2D eigenvalue weighted by Crippen LogP contribution is 2.36. The first-order valence-corrected chi connectivity index (χ1v) is 10.2. The minimum Gasteiger partial charge on any atom is -0.493 e. The first-order chi connectivity index (χ1) is 13.8. The van der Waals surface area contributed by atoms with Gasteiger partial charge in [0.25, 0.3) is 0 Å². The number of aromatic nitrogens is 2. The number of nitrogens with one attached hydrogen (secondary N) is 1. The summed E-state index contributed by atoms with van der Waals surface area (Å²) in [5.74, 6) is 1.17. The van der Waals surface area contributed by atoms with E-state index in [0.717, 1.165) is 29.9 Å². The fraction of sp³-hybridized carbons (Fsp3) is 0.455. The zero-order valence-electron chi connectivity index (χ0n) is 17.8. The third-order valence-electron chi connectivity index (χ3n) is 4.34. The topological polar surface area (TPSA) is 65.4 Å². The molecule has 0 saturated heterocycles. The van der Waals surface area contributed by atoms with E-state index >= 15 is 0 Å². The Bertz CT molecular complexity index is 861. The van der Waals surface area contributed by atoms with Crippen molar-refractivity contribution in [2.24, 2.45) is 5.92 Å². The standard InChI is InChI=1S/C22H30ClN3O3/c1-6-9-29-22-19(23)11-18(12-20(22)28-5)7-8-21(27)24-13-15(2)14-26-17(4)10-16(3)25-26/h7-8,10-12,15H,6,9,13-14H2,1-5H3,(H,24,27). The van der Waals surface area contributed by atoms with Gasteiger partial charge in [-0.25, -0.2) is 0 Å². The predicted octanol–water partition coefficient (Wildman–Crippen LogP) is 4.42. The van der Waals surface area contributed by atoms with Crippen molar-refractivity contribution in [3.8, 4) is 11.5 Å². The third kappa shape index (κ3) is 6.82. The van der Waals surface area contributed by atoms with Crippen LogP contribution in [0, 0.1) is 19.8 Å². The number of rotatable bonds is 10. The highest BCUT2D eigenvalue weighted by atomic mass is 35.5. The molecule has 29 heavy (non-hydrogen) atoms. The first-order valence-electron chi connectivity index (χ1n) is 9.81. The second kappa shape index (κ2) is 10.9. The van der Waals surface area contributed by atoms with E-state index in [1.165, 1.54) is 6.08 Å². The smallest absolute Gasteiger partial charge is 0.244 e. The van der Waals surface area contributed by atoms with E-state index in [9.17, 15) is 4.79 Å². The summed E-state index contributed by atoms with van der Waals surface area (Å²) in [4.78, 5) is 12.2. The van der Waals surface area contributed by atoms with Crippen LogP contribution >= 0.6 is 11.6 Å². The van der Waals surface area contributed by atoms with Crippen LogP contribution in [0.1, 0.15) is 37.2 Å². The Morgan fingerprint density at radius 1 is 1.34 bits per heavy atom. The lowest BCUT2D eigenvalue weighted by Crippen LogP contribution is -2.29. The predicted molar refractivity (Wildman–Crippen MR) is 117 cm³/mol. The minimum absolute atomic E-state index is 0.161. The molecule has 1 aromatic heterocycles. The van der Waals surface area contributed by atoms with Crippen LogP contribution in [0.15, 0.2) is 24.3 Å². The number of benzene rings is 1. The van der Waals surface area contributed by atoms with Gasteiger partial charge in [0.15, 0.2) is 11.5 Å². The van der Waals surface area contributed by atoms with Crippen molar-refractivity contribution in [3.05, 3.63) is 46.2 Å². The number of aryl methyl sites for hydroxylation is 2. The van der Waals surface area contributed by atoms with Crippen LogP contribution in [-0.4, -0.2) is 35.9 Å². The number of hydrogen-bond donors (Lipinski definition) is 1. The Hall–Kier alpha value is -2.47. The molecule has 0 aliphatic carbocycles. The number of amides is 1. The van der Waals surface area contributed by atoms with E-state index < -0.39 is 0 Å². The summed E-state index contributed by atoms with van der Waals surface area (Å²) in [6, 6.07) is 5.60. The van der Waals surface area contributed by atoms with Crippen LogP contribution < -0.4 is 14.8 Å². The Morgan fingerprint density at radius 3 is 2.72 bits per heavy atom. The summed E-state index contributed by atoms with van der Waals surface area (Å²) >= 11 is 6.31. The maximum atomic E-state index is 12.2. The molecule has 2 aromatic rings. The van der Waals surface area contributed by atoms with Gasteiger partial charge in [0.05, 0.1) is 24.4 Å². The number of ether oxygens (including phenoxy) is 2. The normalized spacial score (nSPS) is 12.2. The van der Waals surface area contributed by atoms with Gasteiger partial charge in [-0.3, -0.25) is 9.48 Å². The molecule has 1 amide bonds. The first kappa shape index (κ1) is 22.8. The molecule has 0 saturated carbocycles. The van der Waals surface area contributed by atoms with Crippen LogP contribution in [0.25, 0.3) is 6.08 Å². The van der Waals surface area contributed by atoms with Gasteiger partial charge in [0.2, 0.25) is 5.91 Å². The van der Waals surface area contributed by atoms with Crippen molar-refractivity contribution < 1.29 is 14.3 Å². The molecular weight excluding hydrogens is 390 g/mol. The summed E-state index contributed by atoms with van der Waals surface area (Å²) in [6.07, 6.45) is 4.08. The number of methoxy groups -OCH3 is 1. The van der Waals surface area contributed by atoms with Crippen LogP contribution in [0.5, 0.6) is 11.5 Å². The number of hydrogen-bond acceptors (Lipinski definition) is 4. The average Bonchev–Trinajstić information content (AvgIpc) is 3.00. The molecule has 0 bridgehead atoms. The Kier molecular flexibility index (Phi) is 8.58. The molecule has 0 spiro atoms. The van der Waals surface area contributed by atoms with E-state index in [0.29, 0.717) is 29.7 Å². The van der Waals surface area contributed by atoms with Gasteiger partial charge in [0.1, 0.15) is 0 Å². The minimum atomic E-state index is -0.161. The maximum Gasteiger partial charge on any atom is 0.244 e. The van der Waals surface area contributed by atoms with Crippen LogP contribution in [0.2, 0.25) is 5.02 Å². The molecule has 0 radical (unpaired) electrons. The van der Waals surface area contributed by atoms with Gasteiger partial charge in [-0.15, -0.1) is 0 Å². The second-order valence-electron chi connectivity index (χ2n) is 7.18. The second-order valence-corrected chi connectivity index (χ2v) is 7.58. The maximum absolute atomic E-state index is 12.2. The van der Waals surface area contributed by atoms with Gasteiger partial charge in [0, 0.05) is 24.9 Å². The monoisotopic (exact) mass is 419 g/mol. The number of carbonyl (C=O) groups is 1. The molecule has 1 unspecified atom stereocenters. The molecule has 1 aromatic carbocycles. The van der Waals surface area contributed by atoms with Crippen molar-refractivity contribution in [2.75, 3.05) is 20.3 Å². The molecule has 1 atom stereocenters. The zero-order chi connectivity index (χ0) is 21.4. The Balaban J connectivity index is 1.92. The molecule has 0 fully saturated rings. The fourth-order valence-corrected chi connectivity index (χ4v) is 3.18. The summed E-state index contributed by atoms with van der Waals surface area (Å²) < 4.78 is 13.0. The van der Waals surface area contributed by atoms with E-state index in [-0.39, 0.29) is 11.8 Å². The van der Waals surface area contributed by atoms with Crippen molar-refractivity contribution in [3.63, 3.8) is 0 Å². The molecular formula is C22H30ClN3O3. The van der Waals surface area contributed by atoms with Crippen LogP contribution in [0.3, 0.4) is 0 Å². The summed E-state index contributed by atoms with van der Waals surface area (Å²) in [7, 11) is 1.56. The molecule has 0 aliphatic heterocycles. The van der Waals surface area contributed by atoms with Gasteiger partial charge in [-0.1, -0.05) is 25.4 Å².